The molecular formula is C30H37NO6. The van der Waals surface area contributed by atoms with Crippen LogP contribution in [0.4, 0.5) is 0 Å². The molecule has 1 aromatic carbocycles. The Balaban J connectivity index is 1.96. The molecule has 4 rings (SSSR count). The Kier molecular flexibility index (Phi) is 7.32. The highest BCUT2D eigenvalue weighted by Crippen LogP contribution is 2.57. The Hall–Kier alpha value is -3.03. The van der Waals surface area contributed by atoms with Crippen LogP contribution < -0.4 is 5.32 Å². The zero-order valence-electron chi connectivity index (χ0n) is 22.1. The summed E-state index contributed by atoms with van der Waals surface area (Å²) in [5, 5.41) is 25.7. The van der Waals surface area contributed by atoms with Crippen LogP contribution in [0.5, 0.6) is 0 Å². The zero-order valence-corrected chi connectivity index (χ0v) is 22.1. The van der Waals surface area contributed by atoms with Gasteiger partial charge in [0, 0.05) is 30.7 Å². The average molecular weight is 508 g/mol. The van der Waals surface area contributed by atoms with Gasteiger partial charge in [0.2, 0.25) is 5.91 Å². The van der Waals surface area contributed by atoms with Crippen molar-refractivity contribution in [1.82, 2.24) is 5.32 Å². The molecule has 1 fully saturated rings. The van der Waals surface area contributed by atoms with Crippen molar-refractivity contribution in [1.29, 1.82) is 0 Å². The maximum atomic E-state index is 14.2. The lowest BCUT2D eigenvalue weighted by Crippen LogP contribution is -2.58. The number of allylic oxidation sites excluding steroid dienone is 1. The molecule has 0 unspecified atom stereocenters. The smallest absolute Gasteiger partial charge is 0.303 e. The van der Waals surface area contributed by atoms with Gasteiger partial charge in [-0.2, -0.15) is 0 Å². The van der Waals surface area contributed by atoms with Crippen molar-refractivity contribution in [2.45, 2.75) is 71.3 Å². The summed E-state index contributed by atoms with van der Waals surface area (Å²) in [7, 11) is 0. The van der Waals surface area contributed by atoms with E-state index in [1.807, 2.05) is 44.2 Å². The Labute approximate surface area is 218 Å². The predicted molar refractivity (Wildman–Crippen MR) is 139 cm³/mol. The van der Waals surface area contributed by atoms with Crippen molar-refractivity contribution in [3.8, 4) is 0 Å². The number of nitrogens with one attached hydrogen (secondary N) is 1. The second-order valence-corrected chi connectivity index (χ2v) is 11.0. The molecule has 0 saturated carbocycles. The number of carbonyl (C=O) groups is 3. The number of aliphatic hydroxyl groups excluding tert-OH is 1. The average Bonchev–Trinajstić information content (AvgIpc) is 3.13. The Morgan fingerprint density at radius 2 is 1.81 bits per heavy atom. The molecule has 1 heterocycles. The van der Waals surface area contributed by atoms with Crippen LogP contribution in [0.1, 0.15) is 46.6 Å². The molecule has 1 amide bonds. The molecular weight excluding hydrogens is 470 g/mol. The Morgan fingerprint density at radius 3 is 2.46 bits per heavy atom. The van der Waals surface area contributed by atoms with E-state index in [4.69, 9.17) is 4.74 Å². The van der Waals surface area contributed by atoms with Crippen LogP contribution in [0.2, 0.25) is 0 Å². The first kappa shape index (κ1) is 27.0. The van der Waals surface area contributed by atoms with Crippen LogP contribution >= 0.6 is 0 Å². The van der Waals surface area contributed by atoms with Gasteiger partial charge in [-0.05, 0) is 56.9 Å². The number of ether oxygens (including phenoxy) is 1. The third-order valence-electron chi connectivity index (χ3n) is 8.49. The molecule has 0 radical (unpaired) electrons. The lowest BCUT2D eigenvalue weighted by molar-refractivity contribution is -0.161. The molecule has 3 aliphatic rings. The van der Waals surface area contributed by atoms with Crippen LogP contribution in [-0.4, -0.2) is 51.7 Å². The lowest BCUT2D eigenvalue weighted by Gasteiger charge is -2.49. The monoisotopic (exact) mass is 507 g/mol. The molecule has 1 spiro atoms. The number of rotatable bonds is 3. The van der Waals surface area contributed by atoms with Gasteiger partial charge < -0.3 is 20.3 Å². The first-order valence-corrected chi connectivity index (χ1v) is 12.9. The largest absolute Gasteiger partial charge is 0.457 e. The second-order valence-electron chi connectivity index (χ2n) is 11.0. The molecule has 7 nitrogen and oxygen atoms in total. The van der Waals surface area contributed by atoms with E-state index in [9.17, 15) is 24.6 Å². The van der Waals surface area contributed by atoms with Crippen molar-refractivity contribution in [3.63, 3.8) is 0 Å². The number of aliphatic hydroxyl groups is 2. The molecule has 8 atom stereocenters. The molecule has 2 aliphatic carbocycles. The topological polar surface area (TPSA) is 113 Å². The van der Waals surface area contributed by atoms with E-state index < -0.39 is 46.9 Å². The van der Waals surface area contributed by atoms with E-state index in [2.05, 4.69) is 5.32 Å². The molecule has 3 N–H and O–H groups in total. The van der Waals surface area contributed by atoms with E-state index in [1.165, 1.54) is 26.0 Å². The van der Waals surface area contributed by atoms with E-state index in [0.717, 1.165) is 16.7 Å². The van der Waals surface area contributed by atoms with Gasteiger partial charge in [-0.25, -0.2) is 0 Å². The SMILES string of the molecule is CC(=O)O[C@@H]1/C=C\[C@@](C)(O)C(=O)[C@@H](C)C/C=C\[C@@H]2[C@@H](O)C(C)=C(C)[C@H]3[C@@H](Cc4ccccc4)NC(=O)[C@@]213. The van der Waals surface area contributed by atoms with Gasteiger partial charge in [0.1, 0.15) is 17.1 Å². The van der Waals surface area contributed by atoms with Gasteiger partial charge in [-0.15, -0.1) is 0 Å². The molecule has 198 valence electrons. The minimum absolute atomic E-state index is 0.314. The van der Waals surface area contributed by atoms with Crippen LogP contribution in [0, 0.1) is 23.2 Å². The summed E-state index contributed by atoms with van der Waals surface area (Å²) >= 11 is 0. The van der Waals surface area contributed by atoms with Gasteiger partial charge >= 0.3 is 5.97 Å². The summed E-state index contributed by atoms with van der Waals surface area (Å²) < 4.78 is 5.82. The number of hydrogen-bond acceptors (Lipinski definition) is 6. The van der Waals surface area contributed by atoms with Crippen molar-refractivity contribution in [3.05, 3.63) is 71.3 Å². The number of benzene rings is 1. The van der Waals surface area contributed by atoms with Crippen LogP contribution in [0.15, 0.2) is 65.8 Å². The summed E-state index contributed by atoms with van der Waals surface area (Å²) in [6, 6.07) is 9.52. The number of hydrogen-bond donors (Lipinski definition) is 3. The summed E-state index contributed by atoms with van der Waals surface area (Å²) in [6.45, 7) is 8.20. The van der Waals surface area contributed by atoms with Crippen molar-refractivity contribution < 1.29 is 29.3 Å². The van der Waals surface area contributed by atoms with Gasteiger partial charge in [0.25, 0.3) is 0 Å². The summed E-state index contributed by atoms with van der Waals surface area (Å²) in [4.78, 5) is 39.5. The van der Waals surface area contributed by atoms with Crippen molar-refractivity contribution in [2.75, 3.05) is 0 Å². The first-order valence-electron chi connectivity index (χ1n) is 12.9. The van der Waals surface area contributed by atoms with Crippen LogP contribution in [0.3, 0.4) is 0 Å². The molecule has 1 aromatic rings. The molecule has 1 saturated heterocycles. The van der Waals surface area contributed by atoms with Gasteiger partial charge in [0.15, 0.2) is 5.78 Å². The van der Waals surface area contributed by atoms with Gasteiger partial charge in [0.05, 0.1) is 6.10 Å². The molecule has 0 aromatic heterocycles. The van der Waals surface area contributed by atoms with E-state index in [1.54, 1.807) is 19.1 Å². The van der Waals surface area contributed by atoms with Crippen LogP contribution in [0.25, 0.3) is 0 Å². The van der Waals surface area contributed by atoms with E-state index >= 15 is 0 Å². The van der Waals surface area contributed by atoms with Crippen molar-refractivity contribution in [2.24, 2.45) is 23.2 Å². The molecule has 1 aliphatic heterocycles. The summed E-state index contributed by atoms with van der Waals surface area (Å²) in [5.74, 6) is -2.92. The lowest BCUT2D eigenvalue weighted by atomic mass is 9.54. The Morgan fingerprint density at radius 1 is 1.14 bits per heavy atom. The van der Waals surface area contributed by atoms with Gasteiger partial charge in [-0.1, -0.05) is 55.0 Å². The highest BCUT2D eigenvalue weighted by Gasteiger charge is 2.67. The number of amides is 1. The summed E-state index contributed by atoms with van der Waals surface area (Å²) in [6.07, 6.45) is 5.17. The van der Waals surface area contributed by atoms with Crippen molar-refractivity contribution >= 4 is 17.7 Å². The second kappa shape index (κ2) is 10.0. The number of carbonyl (C=O) groups excluding carboxylic acids is 3. The number of ketones is 1. The standard InChI is InChI=1S/C30H37NO6/c1-17-10-9-13-22-26(33)19(3)18(2)25-23(16-21-11-7-6-8-12-21)31-28(35)30(22,25)24(37-20(4)32)14-15-29(5,36)27(17)34/h6-9,11-15,17,22-26,33,36H,10,16H2,1-5H3,(H,31,35)/b13-9-,15-14-/t17-,22+,23+,24+,25-,26-,29+,30-/m0/s1. The minimum atomic E-state index is -1.82. The van der Waals surface area contributed by atoms with E-state index in [0.29, 0.717) is 12.8 Å². The zero-order chi connectivity index (χ0) is 27.1. The fourth-order valence-corrected chi connectivity index (χ4v) is 6.54. The maximum Gasteiger partial charge on any atom is 0.303 e. The predicted octanol–water partition coefficient (Wildman–Crippen LogP) is 3.06. The fourth-order valence-electron chi connectivity index (χ4n) is 6.54. The minimum Gasteiger partial charge on any atom is -0.457 e. The summed E-state index contributed by atoms with van der Waals surface area (Å²) in [5.41, 5.74) is -0.500. The molecule has 7 heteroatoms. The Bertz CT molecular complexity index is 1170. The number of Topliss-reactive ketones (excluding diaryl/α,β-unsaturated/α-hetero) is 1. The fraction of sp³-hybridized carbons (Fsp3) is 0.500. The quantitative estimate of drug-likeness (QED) is 0.428. The van der Waals surface area contributed by atoms with Gasteiger partial charge in [-0.3, -0.25) is 14.4 Å². The normalized spacial score (nSPS) is 39.6. The maximum absolute atomic E-state index is 14.2. The third kappa shape index (κ3) is 4.59. The van der Waals surface area contributed by atoms with E-state index in [-0.39, 0.29) is 17.7 Å². The third-order valence-corrected chi connectivity index (χ3v) is 8.49. The molecule has 0 bridgehead atoms. The number of esters is 1. The highest BCUT2D eigenvalue weighted by molar-refractivity contribution is 5.91. The van der Waals surface area contributed by atoms with Crippen LogP contribution in [-0.2, 0) is 25.5 Å². The first-order chi connectivity index (χ1) is 17.4. The highest BCUT2D eigenvalue weighted by atomic mass is 16.5. The molecule has 37 heavy (non-hydrogen) atoms.